The molecule has 1 saturated carbocycles. The molecule has 2 aromatic carbocycles. The van der Waals surface area contributed by atoms with Gasteiger partial charge in [-0.05, 0) is 54.2 Å². The highest BCUT2D eigenvalue weighted by Gasteiger charge is 2.26. The smallest absolute Gasteiger partial charge is 0.337 e. The first-order valence-electron chi connectivity index (χ1n) is 13.5. The molecule has 220 valence electrons. The number of nitrogens with zero attached hydrogens (tertiary/aromatic N) is 4. The zero-order valence-electron chi connectivity index (χ0n) is 24.2. The average molecular weight is 592 g/mol. The number of ether oxygens (including phenoxy) is 3. The van der Waals surface area contributed by atoms with E-state index >= 15 is 0 Å². The van der Waals surface area contributed by atoms with Crippen LogP contribution in [-0.2, 0) is 14.8 Å². The Labute approximate surface area is 244 Å². The van der Waals surface area contributed by atoms with E-state index in [1.807, 2.05) is 24.3 Å². The molecule has 0 spiro atoms. The molecule has 0 aliphatic heterocycles. The highest BCUT2D eigenvalue weighted by atomic mass is 32.2. The minimum absolute atomic E-state index is 0.00370. The monoisotopic (exact) mass is 591 g/mol. The van der Waals surface area contributed by atoms with Gasteiger partial charge in [-0.1, -0.05) is 25.0 Å². The lowest BCUT2D eigenvalue weighted by atomic mass is 9.95. The number of carbonyl (C=O) groups excluding carboxylic acids is 1. The van der Waals surface area contributed by atoms with Gasteiger partial charge in [-0.3, -0.25) is 4.98 Å². The maximum absolute atomic E-state index is 13.4. The van der Waals surface area contributed by atoms with Crippen LogP contribution in [0.1, 0.15) is 47.5 Å². The predicted molar refractivity (Wildman–Crippen MR) is 159 cm³/mol. The second-order valence-corrected chi connectivity index (χ2v) is 12.4. The Kier molecular flexibility index (Phi) is 8.28. The number of nitrogens with one attached hydrogen (secondary N) is 1. The highest BCUT2D eigenvalue weighted by molar-refractivity contribution is 7.89. The molecule has 1 fully saturated rings. The maximum atomic E-state index is 13.4. The SMILES string of the molecule is COC(=O)c1cc(Nc2c(S(=O)(=O)N(C)C)cnc3cc(-c4cnc(OC)nc4OC)ccc23)cc(C2CCCC2)c1. The first kappa shape index (κ1) is 29.2. The minimum atomic E-state index is -3.89. The molecule has 0 radical (unpaired) electrons. The molecule has 1 aliphatic rings. The zero-order chi connectivity index (χ0) is 30.0. The Bertz CT molecular complexity index is 1750. The van der Waals surface area contributed by atoms with E-state index in [0.29, 0.717) is 45.2 Å². The summed E-state index contributed by atoms with van der Waals surface area (Å²) in [6.07, 6.45) is 7.25. The van der Waals surface area contributed by atoms with E-state index in [0.717, 1.165) is 41.1 Å². The molecule has 2 heterocycles. The fraction of sp³-hybridized carbons (Fsp3) is 0.333. The molecule has 0 saturated heterocycles. The molecular weight excluding hydrogens is 558 g/mol. The zero-order valence-corrected chi connectivity index (χ0v) is 25.0. The standard InChI is InChI=1S/C30H33N5O6S/c1-35(2)42(37,38)26-17-31-25-15-19(24-16-32-30(41-5)34-28(24)39-3)10-11-23(25)27(26)33-22-13-20(18-8-6-7-9-18)12-21(14-22)29(36)40-4/h10-18H,6-9H2,1-5H3,(H,31,33). The predicted octanol–water partition coefficient (Wildman–Crippen LogP) is 5.15. The third-order valence-electron chi connectivity index (χ3n) is 7.48. The first-order valence-corrected chi connectivity index (χ1v) is 14.9. The van der Waals surface area contributed by atoms with E-state index < -0.39 is 16.0 Å². The number of sulfonamides is 1. The van der Waals surface area contributed by atoms with E-state index in [4.69, 9.17) is 14.2 Å². The number of fused-ring (bicyclic) bond motifs is 1. The van der Waals surface area contributed by atoms with Gasteiger partial charge in [-0.2, -0.15) is 4.98 Å². The van der Waals surface area contributed by atoms with Gasteiger partial charge >= 0.3 is 12.0 Å². The number of rotatable bonds is 9. The van der Waals surface area contributed by atoms with Gasteiger partial charge in [0.05, 0.1) is 43.7 Å². The second kappa shape index (κ2) is 11.9. The summed E-state index contributed by atoms with van der Waals surface area (Å²) >= 11 is 0. The van der Waals surface area contributed by atoms with Gasteiger partial charge in [0, 0.05) is 37.6 Å². The third-order valence-corrected chi connectivity index (χ3v) is 9.31. The molecule has 0 amide bonds. The maximum Gasteiger partial charge on any atom is 0.337 e. The minimum Gasteiger partial charge on any atom is -0.480 e. The number of esters is 1. The van der Waals surface area contributed by atoms with Crippen LogP contribution in [0.2, 0.25) is 0 Å². The quantitative estimate of drug-likeness (QED) is 0.261. The van der Waals surface area contributed by atoms with Gasteiger partial charge < -0.3 is 19.5 Å². The molecule has 2 aromatic heterocycles. The van der Waals surface area contributed by atoms with E-state index in [9.17, 15) is 13.2 Å². The third kappa shape index (κ3) is 5.59. The molecule has 0 atom stereocenters. The van der Waals surface area contributed by atoms with Crippen LogP contribution in [-0.4, -0.2) is 69.1 Å². The summed E-state index contributed by atoms with van der Waals surface area (Å²) in [5, 5.41) is 3.91. The topological polar surface area (TPSA) is 133 Å². The van der Waals surface area contributed by atoms with E-state index in [-0.39, 0.29) is 10.9 Å². The fourth-order valence-corrected chi connectivity index (χ4v) is 6.26. The highest BCUT2D eigenvalue weighted by Crippen LogP contribution is 2.39. The summed E-state index contributed by atoms with van der Waals surface area (Å²) in [5.41, 5.74) is 4.21. The Hall–Kier alpha value is -4.29. The Balaban J connectivity index is 1.68. The van der Waals surface area contributed by atoms with Crippen molar-refractivity contribution in [3.8, 4) is 23.0 Å². The van der Waals surface area contributed by atoms with Crippen LogP contribution < -0.4 is 14.8 Å². The first-order chi connectivity index (χ1) is 20.2. The molecule has 4 aromatic rings. The summed E-state index contributed by atoms with van der Waals surface area (Å²) in [6, 6.07) is 11.1. The fourth-order valence-electron chi connectivity index (χ4n) is 5.27. The van der Waals surface area contributed by atoms with Crippen LogP contribution >= 0.6 is 0 Å². The number of benzene rings is 2. The lowest BCUT2D eigenvalue weighted by Crippen LogP contribution is -2.23. The largest absolute Gasteiger partial charge is 0.480 e. The van der Waals surface area contributed by atoms with Crippen molar-refractivity contribution in [1.29, 1.82) is 0 Å². The van der Waals surface area contributed by atoms with Gasteiger partial charge in [0.15, 0.2) is 0 Å². The van der Waals surface area contributed by atoms with Crippen molar-refractivity contribution in [2.24, 2.45) is 0 Å². The second-order valence-electron chi connectivity index (χ2n) is 10.2. The summed E-state index contributed by atoms with van der Waals surface area (Å²) in [4.78, 5) is 25.6. The van der Waals surface area contributed by atoms with E-state index in [1.54, 1.807) is 18.3 Å². The molecule has 12 heteroatoms. The van der Waals surface area contributed by atoms with Gasteiger partial charge in [0.1, 0.15) is 4.90 Å². The molecule has 42 heavy (non-hydrogen) atoms. The molecule has 1 N–H and O–H groups in total. The van der Waals surface area contributed by atoms with Crippen LogP contribution in [0.4, 0.5) is 11.4 Å². The normalized spacial score (nSPS) is 13.9. The number of hydrogen-bond donors (Lipinski definition) is 1. The van der Waals surface area contributed by atoms with Crippen LogP contribution in [0.5, 0.6) is 11.9 Å². The van der Waals surface area contributed by atoms with Crippen LogP contribution in [0.25, 0.3) is 22.0 Å². The lowest BCUT2D eigenvalue weighted by molar-refractivity contribution is 0.0600. The van der Waals surface area contributed by atoms with Crippen molar-refractivity contribution in [3.05, 3.63) is 59.9 Å². The Morgan fingerprint density at radius 1 is 0.976 bits per heavy atom. The molecule has 1 aliphatic carbocycles. The molecular formula is C30H33N5O6S. The molecule has 11 nitrogen and oxygen atoms in total. The number of aromatic nitrogens is 3. The van der Waals surface area contributed by atoms with Gasteiger partial charge in [-0.25, -0.2) is 22.5 Å². The van der Waals surface area contributed by atoms with E-state index in [1.165, 1.54) is 41.6 Å². The van der Waals surface area contributed by atoms with E-state index in [2.05, 4.69) is 20.3 Å². The van der Waals surface area contributed by atoms with Crippen LogP contribution in [0.15, 0.2) is 53.7 Å². The summed E-state index contributed by atoms with van der Waals surface area (Å²) in [5.74, 6) is 0.183. The number of carbonyl (C=O) groups is 1. The Morgan fingerprint density at radius 2 is 1.74 bits per heavy atom. The van der Waals surface area contributed by atoms with Crippen LogP contribution in [0.3, 0.4) is 0 Å². The summed E-state index contributed by atoms with van der Waals surface area (Å²) in [7, 11) is 3.37. The number of pyridine rings is 1. The van der Waals surface area contributed by atoms with Crippen molar-refractivity contribution >= 4 is 38.3 Å². The number of hydrogen-bond acceptors (Lipinski definition) is 10. The van der Waals surface area contributed by atoms with Crippen LogP contribution in [0, 0.1) is 0 Å². The van der Waals surface area contributed by atoms with Gasteiger partial charge in [0.2, 0.25) is 15.9 Å². The average Bonchev–Trinajstić information content (AvgIpc) is 3.55. The number of methoxy groups -OCH3 is 3. The molecule has 0 bridgehead atoms. The summed E-state index contributed by atoms with van der Waals surface area (Å²) < 4.78 is 43.6. The van der Waals surface area contributed by atoms with Crippen molar-refractivity contribution in [1.82, 2.24) is 19.3 Å². The van der Waals surface area contributed by atoms with Crippen molar-refractivity contribution in [3.63, 3.8) is 0 Å². The lowest BCUT2D eigenvalue weighted by Gasteiger charge is -2.20. The van der Waals surface area contributed by atoms with Crippen molar-refractivity contribution in [2.75, 3.05) is 40.7 Å². The molecule has 5 rings (SSSR count). The summed E-state index contributed by atoms with van der Waals surface area (Å²) in [6.45, 7) is 0. The molecule has 0 unspecified atom stereocenters. The van der Waals surface area contributed by atoms with Crippen molar-refractivity contribution in [2.45, 2.75) is 36.5 Å². The number of anilines is 2. The van der Waals surface area contributed by atoms with Crippen molar-refractivity contribution < 1.29 is 27.4 Å². The van der Waals surface area contributed by atoms with Gasteiger partial charge in [-0.15, -0.1) is 0 Å². The Morgan fingerprint density at radius 3 is 2.40 bits per heavy atom. The van der Waals surface area contributed by atoms with Gasteiger partial charge in [0.25, 0.3) is 0 Å².